The number of aryl methyl sites for hydroxylation is 1. The lowest BCUT2D eigenvalue weighted by atomic mass is 10.2. The van der Waals surface area contributed by atoms with Gasteiger partial charge in [-0.15, -0.1) is 0 Å². The summed E-state index contributed by atoms with van der Waals surface area (Å²) in [6.45, 7) is 1.79. The Morgan fingerprint density at radius 1 is 1.20 bits per heavy atom. The quantitative estimate of drug-likeness (QED) is 0.858. The molecule has 0 unspecified atom stereocenters. The van der Waals surface area contributed by atoms with Crippen LogP contribution in [-0.4, -0.2) is 15.0 Å². The average Bonchev–Trinajstić information content (AvgIpc) is 2.16. The predicted molar refractivity (Wildman–Crippen MR) is 62.1 cm³/mol. The van der Waals surface area contributed by atoms with Gasteiger partial charge in [0.25, 0.3) is 0 Å². The van der Waals surface area contributed by atoms with Gasteiger partial charge in [-0.1, -0.05) is 28.1 Å². The molecular formula is C10H9BrN4. The number of aromatic nitrogens is 3. The number of halogens is 1. The lowest BCUT2D eigenvalue weighted by Gasteiger charge is -2.02. The van der Waals surface area contributed by atoms with Crippen molar-refractivity contribution in [1.82, 2.24) is 15.0 Å². The molecule has 0 saturated carbocycles. The number of nitrogens with two attached hydrogens (primary N) is 1. The van der Waals surface area contributed by atoms with Crippen molar-refractivity contribution in [3.05, 3.63) is 34.6 Å². The Morgan fingerprint density at radius 2 is 2.00 bits per heavy atom. The fourth-order valence-electron chi connectivity index (χ4n) is 1.26. The molecule has 5 heteroatoms. The number of benzene rings is 1. The molecule has 0 aliphatic heterocycles. The van der Waals surface area contributed by atoms with Gasteiger partial charge in [-0.3, -0.25) is 0 Å². The Hall–Kier alpha value is -1.49. The lowest BCUT2D eigenvalue weighted by molar-refractivity contribution is 0.996. The number of hydrogen-bond acceptors (Lipinski definition) is 4. The zero-order valence-electron chi connectivity index (χ0n) is 8.11. The third kappa shape index (κ3) is 2.30. The molecule has 76 valence electrons. The Balaban J connectivity index is 2.54. The summed E-state index contributed by atoms with van der Waals surface area (Å²) in [4.78, 5) is 12.2. The monoisotopic (exact) mass is 264 g/mol. The molecule has 2 aromatic rings. The summed E-state index contributed by atoms with van der Waals surface area (Å²) >= 11 is 3.39. The van der Waals surface area contributed by atoms with Crippen molar-refractivity contribution in [3.63, 3.8) is 0 Å². The van der Waals surface area contributed by atoms with E-state index in [2.05, 4.69) is 30.9 Å². The molecule has 0 atom stereocenters. The minimum atomic E-state index is 0.248. The van der Waals surface area contributed by atoms with Crippen molar-refractivity contribution in [2.75, 3.05) is 5.73 Å². The number of nitrogen functional groups attached to an aromatic ring is 1. The lowest BCUT2D eigenvalue weighted by Crippen LogP contribution is -2.01. The third-order valence-electron chi connectivity index (χ3n) is 1.85. The Kier molecular flexibility index (Phi) is 2.64. The molecule has 1 aromatic heterocycles. The fraction of sp³-hybridized carbons (Fsp3) is 0.100. The molecule has 4 nitrogen and oxygen atoms in total. The summed E-state index contributed by atoms with van der Waals surface area (Å²) in [6.07, 6.45) is 0. The first-order chi connectivity index (χ1) is 7.15. The molecule has 0 spiro atoms. The van der Waals surface area contributed by atoms with Crippen LogP contribution >= 0.6 is 15.9 Å². The van der Waals surface area contributed by atoms with Crippen LogP contribution in [0.1, 0.15) is 5.82 Å². The van der Waals surface area contributed by atoms with E-state index >= 15 is 0 Å². The van der Waals surface area contributed by atoms with Crippen molar-refractivity contribution >= 4 is 21.9 Å². The highest BCUT2D eigenvalue weighted by Gasteiger charge is 2.04. The van der Waals surface area contributed by atoms with E-state index in [1.165, 1.54) is 0 Å². The second kappa shape index (κ2) is 3.94. The van der Waals surface area contributed by atoms with Crippen molar-refractivity contribution in [3.8, 4) is 11.4 Å². The molecule has 2 rings (SSSR count). The van der Waals surface area contributed by atoms with Crippen LogP contribution in [0.2, 0.25) is 0 Å². The topological polar surface area (TPSA) is 64.7 Å². The van der Waals surface area contributed by atoms with Gasteiger partial charge in [0.05, 0.1) is 0 Å². The minimum Gasteiger partial charge on any atom is -0.368 e. The summed E-state index contributed by atoms with van der Waals surface area (Å²) in [5, 5.41) is 0. The second-order valence-electron chi connectivity index (χ2n) is 3.07. The molecule has 2 N–H and O–H groups in total. The first-order valence-electron chi connectivity index (χ1n) is 4.39. The maximum atomic E-state index is 5.56. The maximum absolute atomic E-state index is 5.56. The van der Waals surface area contributed by atoms with Crippen molar-refractivity contribution < 1.29 is 0 Å². The van der Waals surface area contributed by atoms with E-state index in [1.54, 1.807) is 6.92 Å². The van der Waals surface area contributed by atoms with Crippen LogP contribution in [0.4, 0.5) is 5.95 Å². The van der Waals surface area contributed by atoms with E-state index in [0.29, 0.717) is 11.6 Å². The van der Waals surface area contributed by atoms with Gasteiger partial charge in [-0.05, 0) is 19.1 Å². The van der Waals surface area contributed by atoms with Gasteiger partial charge >= 0.3 is 0 Å². The number of hydrogen-bond donors (Lipinski definition) is 1. The first kappa shape index (κ1) is 10.0. The van der Waals surface area contributed by atoms with Crippen LogP contribution in [0, 0.1) is 6.92 Å². The largest absolute Gasteiger partial charge is 0.368 e. The van der Waals surface area contributed by atoms with Crippen LogP contribution in [0.15, 0.2) is 28.7 Å². The number of rotatable bonds is 1. The van der Waals surface area contributed by atoms with Crippen LogP contribution in [0.25, 0.3) is 11.4 Å². The zero-order chi connectivity index (χ0) is 10.8. The summed E-state index contributed by atoms with van der Waals surface area (Å²) in [6, 6.07) is 7.74. The van der Waals surface area contributed by atoms with E-state index in [9.17, 15) is 0 Å². The minimum absolute atomic E-state index is 0.248. The average molecular weight is 265 g/mol. The van der Waals surface area contributed by atoms with Gasteiger partial charge in [0.15, 0.2) is 5.82 Å². The van der Waals surface area contributed by atoms with Crippen molar-refractivity contribution in [2.45, 2.75) is 6.92 Å². The smallest absolute Gasteiger partial charge is 0.223 e. The molecule has 0 bridgehead atoms. The second-order valence-corrected chi connectivity index (χ2v) is 3.99. The molecule has 1 heterocycles. The fourth-order valence-corrected chi connectivity index (χ4v) is 1.66. The van der Waals surface area contributed by atoms with Gasteiger partial charge < -0.3 is 5.73 Å². The molecule has 0 aliphatic rings. The summed E-state index contributed by atoms with van der Waals surface area (Å²) in [5.41, 5.74) is 6.48. The maximum Gasteiger partial charge on any atom is 0.223 e. The standard InChI is InChI=1S/C10H9BrN4/c1-6-13-9(15-10(12)14-6)7-3-2-4-8(11)5-7/h2-5H,1H3,(H2,12,13,14,15). The van der Waals surface area contributed by atoms with E-state index in [0.717, 1.165) is 10.0 Å². The summed E-state index contributed by atoms with van der Waals surface area (Å²) < 4.78 is 0.983. The normalized spacial score (nSPS) is 10.3. The third-order valence-corrected chi connectivity index (χ3v) is 2.34. The number of nitrogens with zero attached hydrogens (tertiary/aromatic N) is 3. The molecule has 0 saturated heterocycles. The molecule has 0 radical (unpaired) electrons. The summed E-state index contributed by atoms with van der Waals surface area (Å²) in [7, 11) is 0. The van der Waals surface area contributed by atoms with Crippen LogP contribution in [0.5, 0.6) is 0 Å². The van der Waals surface area contributed by atoms with Crippen LogP contribution < -0.4 is 5.73 Å². The van der Waals surface area contributed by atoms with E-state index in [-0.39, 0.29) is 5.95 Å². The van der Waals surface area contributed by atoms with Crippen molar-refractivity contribution in [2.24, 2.45) is 0 Å². The molecular weight excluding hydrogens is 256 g/mol. The van der Waals surface area contributed by atoms with Crippen LogP contribution in [0.3, 0.4) is 0 Å². The molecule has 0 aliphatic carbocycles. The molecule has 1 aromatic carbocycles. The van der Waals surface area contributed by atoms with Crippen LogP contribution in [-0.2, 0) is 0 Å². The van der Waals surface area contributed by atoms with E-state index in [4.69, 9.17) is 5.73 Å². The molecule has 15 heavy (non-hydrogen) atoms. The van der Waals surface area contributed by atoms with Gasteiger partial charge in [0, 0.05) is 10.0 Å². The van der Waals surface area contributed by atoms with Crippen molar-refractivity contribution in [1.29, 1.82) is 0 Å². The predicted octanol–water partition coefficient (Wildman–Crippen LogP) is 2.19. The highest BCUT2D eigenvalue weighted by atomic mass is 79.9. The Labute approximate surface area is 95.7 Å². The Morgan fingerprint density at radius 3 is 2.67 bits per heavy atom. The van der Waals surface area contributed by atoms with E-state index < -0.39 is 0 Å². The number of anilines is 1. The van der Waals surface area contributed by atoms with E-state index in [1.807, 2.05) is 24.3 Å². The summed E-state index contributed by atoms with van der Waals surface area (Å²) in [5.74, 6) is 1.47. The highest BCUT2D eigenvalue weighted by Crippen LogP contribution is 2.19. The van der Waals surface area contributed by atoms with Gasteiger partial charge in [0.2, 0.25) is 5.95 Å². The van der Waals surface area contributed by atoms with Gasteiger partial charge in [-0.2, -0.15) is 9.97 Å². The molecule has 0 amide bonds. The first-order valence-corrected chi connectivity index (χ1v) is 5.18. The SMILES string of the molecule is Cc1nc(N)nc(-c2cccc(Br)c2)n1. The Bertz CT molecular complexity index is 478. The highest BCUT2D eigenvalue weighted by molar-refractivity contribution is 9.10. The van der Waals surface area contributed by atoms with Gasteiger partial charge in [0.1, 0.15) is 5.82 Å². The molecule has 0 fully saturated rings. The van der Waals surface area contributed by atoms with Gasteiger partial charge in [-0.25, -0.2) is 4.98 Å². The zero-order valence-corrected chi connectivity index (χ0v) is 9.69.